The molecule has 4 nitrogen and oxygen atoms in total. The summed E-state index contributed by atoms with van der Waals surface area (Å²) in [6.45, 7) is 0.413. The lowest BCUT2D eigenvalue weighted by molar-refractivity contribution is -0.274. The van der Waals surface area contributed by atoms with Crippen molar-refractivity contribution >= 4 is 0 Å². The first kappa shape index (κ1) is 14.6. The van der Waals surface area contributed by atoms with E-state index in [1.165, 1.54) is 24.3 Å². The van der Waals surface area contributed by atoms with E-state index in [1.807, 2.05) is 0 Å². The number of nitrogens with two attached hydrogens (primary N) is 1. The molecule has 0 bridgehead atoms. The van der Waals surface area contributed by atoms with E-state index >= 15 is 0 Å². The number of pyridine rings is 1. The van der Waals surface area contributed by atoms with Crippen LogP contribution in [-0.4, -0.2) is 18.0 Å². The van der Waals surface area contributed by atoms with Gasteiger partial charge in [0.1, 0.15) is 17.2 Å². The minimum absolute atomic E-state index is 0.284. The Morgan fingerprint density at radius 2 is 1.91 bits per heavy atom. The molecule has 0 radical (unpaired) electrons. The van der Waals surface area contributed by atoms with E-state index in [4.69, 9.17) is 10.5 Å². The molecule has 0 saturated carbocycles. The Morgan fingerprint density at radius 1 is 1.18 bits per heavy atom. The molecule has 1 aromatic carbocycles. The average molecular weight is 310 g/mol. The lowest BCUT2D eigenvalue weighted by Gasteiger charge is -2.34. The number of hydrogen-bond acceptors (Lipinski definition) is 4. The van der Waals surface area contributed by atoms with E-state index < -0.39 is 11.9 Å². The predicted molar refractivity (Wildman–Crippen MR) is 72.4 cm³/mol. The van der Waals surface area contributed by atoms with Gasteiger partial charge in [0.2, 0.25) is 0 Å². The van der Waals surface area contributed by atoms with Crippen LogP contribution in [0.15, 0.2) is 42.6 Å². The van der Waals surface area contributed by atoms with Gasteiger partial charge < -0.3 is 15.2 Å². The third-order valence-electron chi connectivity index (χ3n) is 3.55. The third-order valence-corrected chi connectivity index (χ3v) is 3.55. The Kier molecular flexibility index (Phi) is 3.44. The number of alkyl halides is 3. The molecule has 0 unspecified atom stereocenters. The number of benzene rings is 1. The van der Waals surface area contributed by atoms with Crippen molar-refractivity contribution in [2.24, 2.45) is 5.73 Å². The van der Waals surface area contributed by atoms with Crippen molar-refractivity contribution in [2.75, 3.05) is 6.61 Å². The fraction of sp³-hybridized carbons (Fsp3) is 0.267. The van der Waals surface area contributed by atoms with Crippen LogP contribution in [0.5, 0.6) is 11.5 Å². The van der Waals surface area contributed by atoms with Crippen molar-refractivity contribution in [3.05, 3.63) is 53.9 Å². The van der Waals surface area contributed by atoms with Crippen molar-refractivity contribution in [2.45, 2.75) is 18.3 Å². The van der Waals surface area contributed by atoms with E-state index in [2.05, 4.69) is 9.72 Å². The zero-order valence-electron chi connectivity index (χ0n) is 11.4. The van der Waals surface area contributed by atoms with Crippen LogP contribution in [0.1, 0.15) is 17.7 Å². The lowest BCUT2D eigenvalue weighted by Crippen LogP contribution is -2.43. The Bertz CT molecular complexity index is 673. The van der Waals surface area contributed by atoms with E-state index in [9.17, 15) is 13.2 Å². The predicted octanol–water partition coefficient (Wildman–Crippen LogP) is 2.97. The molecule has 1 aromatic heterocycles. The van der Waals surface area contributed by atoms with Gasteiger partial charge in [-0.3, -0.25) is 4.98 Å². The second kappa shape index (κ2) is 5.17. The average Bonchev–Trinajstić information content (AvgIpc) is 2.47. The summed E-state index contributed by atoms with van der Waals surface area (Å²) >= 11 is 0. The van der Waals surface area contributed by atoms with E-state index in [0.29, 0.717) is 30.0 Å². The van der Waals surface area contributed by atoms with E-state index in [-0.39, 0.29) is 5.75 Å². The SMILES string of the molecule is N[C@]1(c2ccc(OC(F)(F)F)cc2)CCOc2cccnc21. The molecule has 116 valence electrons. The molecule has 0 aliphatic carbocycles. The second-order valence-electron chi connectivity index (χ2n) is 4.99. The monoisotopic (exact) mass is 310 g/mol. The Balaban J connectivity index is 1.94. The number of ether oxygens (including phenoxy) is 2. The maximum absolute atomic E-state index is 12.2. The maximum Gasteiger partial charge on any atom is 0.573 e. The van der Waals surface area contributed by atoms with Crippen LogP contribution in [-0.2, 0) is 5.54 Å². The highest BCUT2D eigenvalue weighted by atomic mass is 19.4. The highest BCUT2D eigenvalue weighted by molar-refractivity contribution is 5.44. The highest BCUT2D eigenvalue weighted by Crippen LogP contribution is 2.38. The first-order chi connectivity index (χ1) is 10.4. The standard InChI is InChI=1S/C15H13F3N2O2/c16-15(17,18)22-11-5-3-10(4-6-11)14(19)7-9-21-12-2-1-8-20-13(12)14/h1-6,8H,7,9,19H2/t14-/m0/s1. The van der Waals surface area contributed by atoms with Crippen molar-refractivity contribution < 1.29 is 22.6 Å². The Hall–Kier alpha value is -2.28. The van der Waals surface area contributed by atoms with Gasteiger partial charge in [0.25, 0.3) is 0 Å². The quantitative estimate of drug-likeness (QED) is 0.926. The maximum atomic E-state index is 12.2. The van der Waals surface area contributed by atoms with Crippen LogP contribution in [0.4, 0.5) is 13.2 Å². The second-order valence-corrected chi connectivity index (χ2v) is 4.99. The van der Waals surface area contributed by atoms with Gasteiger partial charge in [0, 0.05) is 12.6 Å². The number of halogens is 3. The van der Waals surface area contributed by atoms with E-state index in [1.54, 1.807) is 18.3 Å². The molecule has 1 aliphatic rings. The van der Waals surface area contributed by atoms with Crippen LogP contribution >= 0.6 is 0 Å². The Labute approximate surface area is 124 Å². The van der Waals surface area contributed by atoms with Gasteiger partial charge in [-0.15, -0.1) is 13.2 Å². The zero-order chi connectivity index (χ0) is 15.8. The molecule has 2 aromatic rings. The number of hydrogen-bond donors (Lipinski definition) is 1. The number of rotatable bonds is 2. The first-order valence-corrected chi connectivity index (χ1v) is 6.62. The normalized spacial score (nSPS) is 20.9. The number of aromatic nitrogens is 1. The summed E-state index contributed by atoms with van der Waals surface area (Å²) in [6, 6.07) is 9.04. The van der Waals surface area contributed by atoms with Crippen molar-refractivity contribution in [1.82, 2.24) is 4.98 Å². The van der Waals surface area contributed by atoms with E-state index in [0.717, 1.165) is 0 Å². The van der Waals surface area contributed by atoms with Gasteiger partial charge in [-0.05, 0) is 29.8 Å². The number of nitrogens with zero attached hydrogens (tertiary/aromatic N) is 1. The first-order valence-electron chi connectivity index (χ1n) is 6.62. The molecule has 7 heteroatoms. The topological polar surface area (TPSA) is 57.4 Å². The summed E-state index contributed by atoms with van der Waals surface area (Å²) in [5, 5.41) is 0. The molecule has 22 heavy (non-hydrogen) atoms. The van der Waals surface area contributed by atoms with Gasteiger partial charge >= 0.3 is 6.36 Å². The number of fused-ring (bicyclic) bond motifs is 1. The molecule has 1 atom stereocenters. The summed E-state index contributed by atoms with van der Waals surface area (Å²) in [7, 11) is 0. The van der Waals surface area contributed by atoms with Crippen molar-refractivity contribution in [3.63, 3.8) is 0 Å². The molecule has 0 amide bonds. The largest absolute Gasteiger partial charge is 0.573 e. The Morgan fingerprint density at radius 3 is 2.59 bits per heavy atom. The molecule has 3 rings (SSSR count). The van der Waals surface area contributed by atoms with Gasteiger partial charge in [0.05, 0.1) is 12.1 Å². The minimum Gasteiger partial charge on any atom is -0.491 e. The summed E-state index contributed by atoms with van der Waals surface area (Å²) in [6.07, 6.45) is -2.62. The van der Waals surface area contributed by atoms with Gasteiger partial charge in [-0.25, -0.2) is 0 Å². The van der Waals surface area contributed by atoms with Crippen LogP contribution < -0.4 is 15.2 Å². The summed E-state index contributed by atoms with van der Waals surface area (Å²) in [5.41, 5.74) is 6.80. The zero-order valence-corrected chi connectivity index (χ0v) is 11.4. The molecule has 2 heterocycles. The summed E-state index contributed by atoms with van der Waals surface area (Å²) in [5.74, 6) is 0.306. The van der Waals surface area contributed by atoms with Crippen LogP contribution in [0.2, 0.25) is 0 Å². The van der Waals surface area contributed by atoms with Crippen LogP contribution in [0.3, 0.4) is 0 Å². The molecule has 1 aliphatic heterocycles. The fourth-order valence-electron chi connectivity index (χ4n) is 2.52. The summed E-state index contributed by atoms with van der Waals surface area (Å²) < 4.78 is 46.0. The van der Waals surface area contributed by atoms with Gasteiger partial charge in [-0.1, -0.05) is 12.1 Å². The molecule has 2 N–H and O–H groups in total. The van der Waals surface area contributed by atoms with Crippen LogP contribution in [0, 0.1) is 0 Å². The minimum atomic E-state index is -4.71. The highest BCUT2D eigenvalue weighted by Gasteiger charge is 2.37. The molecular formula is C15H13F3N2O2. The van der Waals surface area contributed by atoms with Crippen molar-refractivity contribution in [3.8, 4) is 11.5 Å². The fourth-order valence-corrected chi connectivity index (χ4v) is 2.52. The molecule has 0 fully saturated rings. The van der Waals surface area contributed by atoms with Gasteiger partial charge in [0.15, 0.2) is 0 Å². The molecular weight excluding hydrogens is 297 g/mol. The van der Waals surface area contributed by atoms with Gasteiger partial charge in [-0.2, -0.15) is 0 Å². The van der Waals surface area contributed by atoms with Crippen molar-refractivity contribution in [1.29, 1.82) is 0 Å². The molecule has 0 saturated heterocycles. The van der Waals surface area contributed by atoms with Crippen LogP contribution in [0.25, 0.3) is 0 Å². The summed E-state index contributed by atoms with van der Waals surface area (Å²) in [4.78, 5) is 4.27. The molecule has 0 spiro atoms. The lowest BCUT2D eigenvalue weighted by atomic mass is 9.82. The third kappa shape index (κ3) is 2.71. The smallest absolute Gasteiger partial charge is 0.491 e.